The van der Waals surface area contributed by atoms with Gasteiger partial charge in [0.05, 0.1) is 12.3 Å². The maximum Gasteiger partial charge on any atom is 0.217 e. The van der Waals surface area contributed by atoms with E-state index in [9.17, 15) is 4.79 Å². The standard InChI is InChI=1S/C11H16N4O2.2ClH/c1-8(16)14-5-9-4-13-7-15-11(9)10-6-12-2-3-17-10;;/h4,7,10,12H,2-3,5-6H2,1H3,(H,14,16);2*1H. The van der Waals surface area contributed by atoms with Crippen molar-refractivity contribution in [2.24, 2.45) is 0 Å². The van der Waals surface area contributed by atoms with Crippen molar-refractivity contribution in [3.63, 3.8) is 0 Å². The molecule has 1 unspecified atom stereocenters. The largest absolute Gasteiger partial charge is 0.369 e. The molecule has 2 N–H and O–H groups in total. The zero-order chi connectivity index (χ0) is 12.1. The highest BCUT2D eigenvalue weighted by molar-refractivity contribution is 5.85. The number of aromatic nitrogens is 2. The number of rotatable bonds is 3. The summed E-state index contributed by atoms with van der Waals surface area (Å²) in [6.45, 7) is 4.20. The molecule has 1 aromatic rings. The van der Waals surface area contributed by atoms with Crippen LogP contribution in [0.3, 0.4) is 0 Å². The third-order valence-corrected chi connectivity index (χ3v) is 2.58. The topological polar surface area (TPSA) is 76.1 Å². The van der Waals surface area contributed by atoms with E-state index in [-0.39, 0.29) is 36.8 Å². The summed E-state index contributed by atoms with van der Waals surface area (Å²) in [7, 11) is 0. The molecule has 1 amide bonds. The van der Waals surface area contributed by atoms with E-state index in [1.807, 2.05) is 0 Å². The first-order valence-corrected chi connectivity index (χ1v) is 5.63. The van der Waals surface area contributed by atoms with E-state index >= 15 is 0 Å². The minimum Gasteiger partial charge on any atom is -0.369 e. The monoisotopic (exact) mass is 308 g/mol. The number of amides is 1. The van der Waals surface area contributed by atoms with Gasteiger partial charge in [0, 0.05) is 38.3 Å². The molecule has 1 aliphatic rings. The van der Waals surface area contributed by atoms with Gasteiger partial charge in [-0.15, -0.1) is 24.8 Å². The van der Waals surface area contributed by atoms with Gasteiger partial charge in [-0.05, 0) is 0 Å². The fourth-order valence-electron chi connectivity index (χ4n) is 1.75. The van der Waals surface area contributed by atoms with Crippen molar-refractivity contribution in [1.82, 2.24) is 20.6 Å². The summed E-state index contributed by atoms with van der Waals surface area (Å²) in [6, 6.07) is 0. The normalized spacial score (nSPS) is 17.8. The first-order chi connectivity index (χ1) is 8.27. The lowest BCUT2D eigenvalue weighted by molar-refractivity contribution is -0.119. The lowest BCUT2D eigenvalue weighted by Crippen LogP contribution is -2.34. The maximum atomic E-state index is 10.9. The Morgan fingerprint density at radius 3 is 3.00 bits per heavy atom. The van der Waals surface area contributed by atoms with Crippen molar-refractivity contribution < 1.29 is 9.53 Å². The van der Waals surface area contributed by atoms with Crippen LogP contribution in [-0.2, 0) is 16.1 Å². The van der Waals surface area contributed by atoms with Crippen LogP contribution < -0.4 is 10.6 Å². The van der Waals surface area contributed by atoms with Crippen LogP contribution in [0.1, 0.15) is 24.3 Å². The number of morpholine rings is 1. The summed E-state index contributed by atoms with van der Waals surface area (Å²) in [4.78, 5) is 19.1. The average Bonchev–Trinajstić information content (AvgIpc) is 2.38. The summed E-state index contributed by atoms with van der Waals surface area (Å²) >= 11 is 0. The van der Waals surface area contributed by atoms with Crippen LogP contribution in [0.5, 0.6) is 0 Å². The molecule has 1 fully saturated rings. The number of carbonyl (C=O) groups is 1. The number of nitrogens with zero attached hydrogens (tertiary/aromatic N) is 2. The zero-order valence-corrected chi connectivity index (χ0v) is 12.2. The first kappa shape index (κ1) is 18.0. The van der Waals surface area contributed by atoms with Gasteiger partial charge < -0.3 is 15.4 Å². The zero-order valence-electron chi connectivity index (χ0n) is 10.6. The second kappa shape index (κ2) is 9.03. The second-order valence-corrected chi connectivity index (χ2v) is 3.91. The van der Waals surface area contributed by atoms with Crippen LogP contribution in [0.15, 0.2) is 12.5 Å². The maximum absolute atomic E-state index is 10.9. The Bertz CT molecular complexity index is 400. The van der Waals surface area contributed by atoms with Crippen LogP contribution in [0.4, 0.5) is 0 Å². The molecule has 1 atom stereocenters. The third-order valence-electron chi connectivity index (χ3n) is 2.58. The minimum absolute atomic E-state index is 0. The first-order valence-electron chi connectivity index (χ1n) is 5.63. The van der Waals surface area contributed by atoms with E-state index in [1.54, 1.807) is 6.20 Å². The predicted octanol–water partition coefficient (Wildman–Crippen LogP) is 0.617. The Hall–Kier alpha value is -0.950. The highest BCUT2D eigenvalue weighted by Gasteiger charge is 2.20. The molecule has 8 heteroatoms. The van der Waals surface area contributed by atoms with Crippen molar-refractivity contribution in [2.45, 2.75) is 19.6 Å². The molecule has 2 heterocycles. The molecule has 0 spiro atoms. The predicted molar refractivity (Wildman–Crippen MR) is 75.6 cm³/mol. The second-order valence-electron chi connectivity index (χ2n) is 3.91. The smallest absolute Gasteiger partial charge is 0.217 e. The van der Waals surface area contributed by atoms with Crippen molar-refractivity contribution >= 4 is 30.7 Å². The molecule has 1 aliphatic heterocycles. The van der Waals surface area contributed by atoms with Gasteiger partial charge in [-0.1, -0.05) is 0 Å². The molecule has 0 bridgehead atoms. The molecule has 1 saturated heterocycles. The number of halogens is 2. The van der Waals surface area contributed by atoms with Crippen molar-refractivity contribution in [1.29, 1.82) is 0 Å². The van der Waals surface area contributed by atoms with Crippen LogP contribution in [-0.4, -0.2) is 35.6 Å². The fraction of sp³-hybridized carbons (Fsp3) is 0.545. The van der Waals surface area contributed by atoms with E-state index in [0.29, 0.717) is 13.2 Å². The molecule has 0 aliphatic carbocycles. The summed E-state index contributed by atoms with van der Waals surface area (Å²) in [6.07, 6.45) is 3.16. The third kappa shape index (κ3) is 5.28. The van der Waals surface area contributed by atoms with Crippen molar-refractivity contribution in [3.05, 3.63) is 23.8 Å². The van der Waals surface area contributed by atoms with E-state index in [2.05, 4.69) is 20.6 Å². The Labute approximate surface area is 124 Å². The highest BCUT2D eigenvalue weighted by atomic mass is 35.5. The van der Waals surface area contributed by atoms with Crippen LogP contribution in [0, 0.1) is 0 Å². The summed E-state index contributed by atoms with van der Waals surface area (Å²) < 4.78 is 5.65. The molecule has 1 aromatic heterocycles. The Balaban J connectivity index is 0.00000162. The number of nitrogens with one attached hydrogen (secondary N) is 2. The van der Waals surface area contributed by atoms with Crippen molar-refractivity contribution in [2.75, 3.05) is 19.7 Å². The van der Waals surface area contributed by atoms with E-state index < -0.39 is 0 Å². The highest BCUT2D eigenvalue weighted by Crippen LogP contribution is 2.19. The molecule has 108 valence electrons. The molecular weight excluding hydrogens is 291 g/mol. The molecule has 2 rings (SSSR count). The molecule has 0 aromatic carbocycles. The number of ether oxygens (including phenoxy) is 1. The van der Waals surface area contributed by atoms with E-state index in [0.717, 1.165) is 24.3 Å². The van der Waals surface area contributed by atoms with E-state index in [1.165, 1.54) is 13.3 Å². The van der Waals surface area contributed by atoms with Gasteiger partial charge in [-0.25, -0.2) is 9.97 Å². The Morgan fingerprint density at radius 2 is 2.37 bits per heavy atom. The van der Waals surface area contributed by atoms with Crippen molar-refractivity contribution in [3.8, 4) is 0 Å². The Morgan fingerprint density at radius 1 is 1.58 bits per heavy atom. The molecule has 19 heavy (non-hydrogen) atoms. The van der Waals surface area contributed by atoms with Gasteiger partial charge in [0.25, 0.3) is 0 Å². The van der Waals surface area contributed by atoms with Gasteiger partial charge in [-0.3, -0.25) is 4.79 Å². The summed E-state index contributed by atoms with van der Waals surface area (Å²) in [5, 5.41) is 6.00. The number of hydrogen-bond acceptors (Lipinski definition) is 5. The lowest BCUT2D eigenvalue weighted by Gasteiger charge is -2.24. The summed E-state index contributed by atoms with van der Waals surface area (Å²) in [5.74, 6) is -0.0671. The van der Waals surface area contributed by atoms with Crippen LogP contribution in [0.2, 0.25) is 0 Å². The fourth-order valence-corrected chi connectivity index (χ4v) is 1.75. The van der Waals surface area contributed by atoms with Crippen LogP contribution >= 0.6 is 24.8 Å². The number of carbonyl (C=O) groups excluding carboxylic acids is 1. The molecule has 6 nitrogen and oxygen atoms in total. The average molecular weight is 309 g/mol. The Kier molecular flexibility index (Phi) is 8.58. The molecule has 0 radical (unpaired) electrons. The van der Waals surface area contributed by atoms with Gasteiger partial charge in [0.2, 0.25) is 5.91 Å². The minimum atomic E-state index is -0.0671. The van der Waals surface area contributed by atoms with Gasteiger partial charge in [-0.2, -0.15) is 0 Å². The van der Waals surface area contributed by atoms with Gasteiger partial charge in [0.1, 0.15) is 12.4 Å². The quantitative estimate of drug-likeness (QED) is 0.856. The SMILES string of the molecule is CC(=O)NCc1cncnc1C1CNCCO1.Cl.Cl. The number of hydrogen-bond donors (Lipinski definition) is 2. The van der Waals surface area contributed by atoms with Crippen LogP contribution in [0.25, 0.3) is 0 Å². The summed E-state index contributed by atoms with van der Waals surface area (Å²) in [5.41, 5.74) is 1.75. The molecular formula is C11H18Cl2N4O2. The van der Waals surface area contributed by atoms with Gasteiger partial charge >= 0.3 is 0 Å². The van der Waals surface area contributed by atoms with E-state index in [4.69, 9.17) is 4.74 Å². The lowest BCUT2D eigenvalue weighted by atomic mass is 10.1. The molecule has 0 saturated carbocycles. The van der Waals surface area contributed by atoms with Gasteiger partial charge in [0.15, 0.2) is 0 Å².